The van der Waals surface area contributed by atoms with Crippen LogP contribution in [-0.4, -0.2) is 21.8 Å². The van der Waals surface area contributed by atoms with Gasteiger partial charge in [0.2, 0.25) is 5.71 Å². The van der Waals surface area contributed by atoms with E-state index in [0.717, 1.165) is 53.6 Å². The SMILES string of the molecule is O=C(O)/C(=N\OC(c1ccc(OCc2ccc3ccccc3n2)cc1)C1CCCCC1)c1cccs1. The summed E-state index contributed by atoms with van der Waals surface area (Å²) in [7, 11) is 0. The maximum atomic E-state index is 11.8. The summed E-state index contributed by atoms with van der Waals surface area (Å²) in [6, 6.07) is 23.4. The van der Waals surface area contributed by atoms with Crippen LogP contribution in [0.15, 0.2) is 83.3 Å². The quantitative estimate of drug-likeness (QED) is 0.198. The van der Waals surface area contributed by atoms with Crippen LogP contribution in [0, 0.1) is 5.92 Å². The summed E-state index contributed by atoms with van der Waals surface area (Å²) in [6.07, 6.45) is 5.27. The molecule has 0 bridgehead atoms. The van der Waals surface area contributed by atoms with Crippen LogP contribution in [0.4, 0.5) is 0 Å². The van der Waals surface area contributed by atoms with E-state index in [1.165, 1.54) is 17.8 Å². The Balaban J connectivity index is 1.31. The number of hydrogen-bond acceptors (Lipinski definition) is 6. The molecule has 0 aliphatic heterocycles. The maximum absolute atomic E-state index is 11.8. The lowest BCUT2D eigenvalue weighted by Gasteiger charge is -2.29. The van der Waals surface area contributed by atoms with E-state index in [-0.39, 0.29) is 17.7 Å². The van der Waals surface area contributed by atoms with Gasteiger partial charge in [-0.1, -0.05) is 66.9 Å². The molecule has 5 rings (SSSR count). The highest BCUT2D eigenvalue weighted by atomic mass is 32.1. The predicted molar refractivity (Wildman–Crippen MR) is 141 cm³/mol. The van der Waals surface area contributed by atoms with Crippen LogP contribution in [0.5, 0.6) is 5.75 Å². The highest BCUT2D eigenvalue weighted by molar-refractivity contribution is 7.13. The molecule has 1 atom stereocenters. The van der Waals surface area contributed by atoms with Gasteiger partial charge in [-0.15, -0.1) is 11.3 Å². The highest BCUT2D eigenvalue weighted by Crippen LogP contribution is 2.38. The third-order valence-corrected chi connectivity index (χ3v) is 7.42. The minimum absolute atomic E-state index is 0.0614. The van der Waals surface area contributed by atoms with Crippen molar-refractivity contribution in [2.75, 3.05) is 0 Å². The van der Waals surface area contributed by atoms with Crippen LogP contribution in [0.25, 0.3) is 10.9 Å². The van der Waals surface area contributed by atoms with Crippen molar-refractivity contribution in [3.05, 3.63) is 94.3 Å². The highest BCUT2D eigenvalue weighted by Gasteiger charge is 2.28. The predicted octanol–water partition coefficient (Wildman–Crippen LogP) is 7.00. The van der Waals surface area contributed by atoms with E-state index in [2.05, 4.69) is 16.2 Å². The van der Waals surface area contributed by atoms with Crippen LogP contribution in [0.2, 0.25) is 0 Å². The first kappa shape index (κ1) is 24.0. The van der Waals surface area contributed by atoms with E-state index in [9.17, 15) is 9.90 Å². The molecule has 1 N–H and O–H groups in total. The monoisotopic (exact) mass is 500 g/mol. The summed E-state index contributed by atoms with van der Waals surface area (Å²) < 4.78 is 5.99. The second-order valence-electron chi connectivity index (χ2n) is 9.00. The van der Waals surface area contributed by atoms with Gasteiger partial charge in [0.05, 0.1) is 16.1 Å². The molecule has 0 radical (unpaired) electrons. The molecule has 2 aromatic heterocycles. The first-order valence-corrected chi connectivity index (χ1v) is 13.1. The Bertz CT molecular complexity index is 1330. The van der Waals surface area contributed by atoms with Crippen molar-refractivity contribution in [1.82, 2.24) is 4.98 Å². The van der Waals surface area contributed by atoms with E-state index in [1.807, 2.05) is 66.0 Å². The van der Waals surface area contributed by atoms with E-state index in [1.54, 1.807) is 6.07 Å². The Morgan fingerprint density at radius 3 is 2.56 bits per heavy atom. The zero-order chi connectivity index (χ0) is 24.7. The smallest absolute Gasteiger partial charge is 0.359 e. The summed E-state index contributed by atoms with van der Waals surface area (Å²) in [6.45, 7) is 0.375. The number of carboxylic acid groups (broad SMARTS) is 1. The van der Waals surface area contributed by atoms with Crippen molar-refractivity contribution in [2.45, 2.75) is 44.8 Å². The Labute approximate surface area is 214 Å². The standard InChI is InChI=1S/C29H28N2O4S/c32-29(33)27(26-11-6-18-36-26)31-35-28(21-8-2-1-3-9-21)22-13-16-24(17-14-22)34-19-23-15-12-20-7-4-5-10-25(20)30-23/h4-7,10-18,21,28H,1-3,8-9,19H2,(H,32,33)/b31-27-. The van der Waals surface area contributed by atoms with Crippen molar-refractivity contribution in [1.29, 1.82) is 0 Å². The van der Waals surface area contributed by atoms with E-state index >= 15 is 0 Å². The molecule has 1 unspecified atom stereocenters. The average molecular weight is 501 g/mol. The molecule has 4 aromatic rings. The van der Waals surface area contributed by atoms with Gasteiger partial charge in [0, 0.05) is 11.3 Å². The summed E-state index contributed by atoms with van der Waals surface area (Å²) in [5, 5.41) is 16.7. The molecule has 0 spiro atoms. The summed E-state index contributed by atoms with van der Waals surface area (Å²) in [5.41, 5.74) is 2.72. The van der Waals surface area contributed by atoms with Gasteiger partial charge >= 0.3 is 5.97 Å². The number of thiophene rings is 1. The largest absolute Gasteiger partial charge is 0.487 e. The third-order valence-electron chi connectivity index (χ3n) is 6.54. The van der Waals surface area contributed by atoms with E-state index in [0.29, 0.717) is 11.5 Å². The summed E-state index contributed by atoms with van der Waals surface area (Å²) >= 11 is 1.34. The Kier molecular flexibility index (Phi) is 7.57. The molecule has 7 heteroatoms. The molecule has 2 heterocycles. The molecular formula is C29H28N2O4S. The Morgan fingerprint density at radius 1 is 1.00 bits per heavy atom. The van der Waals surface area contributed by atoms with Crippen LogP contribution < -0.4 is 4.74 Å². The van der Waals surface area contributed by atoms with Crippen molar-refractivity contribution < 1.29 is 19.5 Å². The minimum atomic E-state index is -1.09. The molecule has 0 saturated heterocycles. The van der Waals surface area contributed by atoms with Crippen LogP contribution in [-0.2, 0) is 16.2 Å². The number of benzene rings is 2. The number of para-hydroxylation sites is 1. The van der Waals surface area contributed by atoms with Gasteiger partial charge in [0.25, 0.3) is 0 Å². The number of aromatic nitrogens is 1. The fourth-order valence-corrected chi connectivity index (χ4v) is 5.36. The van der Waals surface area contributed by atoms with Gasteiger partial charge in [-0.05, 0) is 54.1 Å². The number of nitrogens with zero attached hydrogens (tertiary/aromatic N) is 2. The van der Waals surface area contributed by atoms with Crippen molar-refractivity contribution in [3.8, 4) is 5.75 Å². The molecule has 1 aliphatic carbocycles. The number of pyridine rings is 1. The van der Waals surface area contributed by atoms with Crippen molar-refractivity contribution in [2.24, 2.45) is 11.1 Å². The number of oxime groups is 1. The molecule has 1 saturated carbocycles. The number of hydrogen-bond donors (Lipinski definition) is 1. The molecule has 1 fully saturated rings. The lowest BCUT2D eigenvalue weighted by molar-refractivity contribution is -0.129. The fourth-order valence-electron chi connectivity index (χ4n) is 4.67. The van der Waals surface area contributed by atoms with Crippen LogP contribution >= 0.6 is 11.3 Å². The van der Waals surface area contributed by atoms with Crippen molar-refractivity contribution in [3.63, 3.8) is 0 Å². The molecule has 6 nitrogen and oxygen atoms in total. The third kappa shape index (κ3) is 5.74. The Morgan fingerprint density at radius 2 is 1.81 bits per heavy atom. The number of carboxylic acids is 1. The molecular weight excluding hydrogens is 472 g/mol. The molecule has 36 heavy (non-hydrogen) atoms. The lowest BCUT2D eigenvalue weighted by Crippen LogP contribution is -2.20. The van der Waals surface area contributed by atoms with Gasteiger partial charge in [-0.25, -0.2) is 9.78 Å². The fraction of sp³-hybridized carbons (Fsp3) is 0.276. The minimum Gasteiger partial charge on any atom is -0.487 e. The van der Waals surface area contributed by atoms with Gasteiger partial charge in [-0.3, -0.25) is 0 Å². The molecule has 0 amide bonds. The van der Waals surface area contributed by atoms with Crippen molar-refractivity contribution >= 4 is 33.9 Å². The number of carbonyl (C=O) groups is 1. The molecule has 2 aromatic carbocycles. The average Bonchev–Trinajstić information content (AvgIpc) is 3.45. The first-order valence-electron chi connectivity index (χ1n) is 12.3. The van der Waals surface area contributed by atoms with Gasteiger partial charge in [-0.2, -0.15) is 0 Å². The topological polar surface area (TPSA) is 81.0 Å². The second-order valence-corrected chi connectivity index (χ2v) is 9.95. The first-order chi connectivity index (χ1) is 17.7. The van der Waals surface area contributed by atoms with Gasteiger partial charge < -0.3 is 14.7 Å². The maximum Gasteiger partial charge on any atom is 0.359 e. The lowest BCUT2D eigenvalue weighted by atomic mass is 9.83. The summed E-state index contributed by atoms with van der Waals surface area (Å²) in [5.74, 6) is -0.0650. The number of ether oxygens (including phenoxy) is 1. The second kappa shape index (κ2) is 11.4. The zero-order valence-electron chi connectivity index (χ0n) is 19.9. The normalized spacial score (nSPS) is 15.5. The van der Waals surface area contributed by atoms with Crippen LogP contribution in [0.3, 0.4) is 0 Å². The number of rotatable bonds is 9. The van der Waals surface area contributed by atoms with Gasteiger partial charge in [0.15, 0.2) is 6.10 Å². The Hall–Kier alpha value is -3.71. The number of aliphatic carboxylic acids is 1. The zero-order valence-corrected chi connectivity index (χ0v) is 20.7. The van der Waals surface area contributed by atoms with E-state index in [4.69, 9.17) is 9.57 Å². The summed E-state index contributed by atoms with van der Waals surface area (Å²) in [4.78, 5) is 23.0. The molecule has 1 aliphatic rings. The van der Waals surface area contributed by atoms with Crippen LogP contribution in [0.1, 0.15) is 54.3 Å². The number of fused-ring (bicyclic) bond motifs is 1. The van der Waals surface area contributed by atoms with E-state index < -0.39 is 5.97 Å². The molecule has 184 valence electrons. The van der Waals surface area contributed by atoms with Gasteiger partial charge in [0.1, 0.15) is 12.4 Å².